The van der Waals surface area contributed by atoms with E-state index in [1.54, 1.807) is 30.2 Å². The topological polar surface area (TPSA) is 60.1 Å². The Morgan fingerprint density at radius 1 is 1.37 bits per heavy atom. The highest BCUT2D eigenvalue weighted by molar-refractivity contribution is 7.98. The molecule has 0 fully saturated rings. The van der Waals surface area contributed by atoms with Crippen LogP contribution in [0.5, 0.6) is 0 Å². The first-order chi connectivity index (χ1) is 12.8. The lowest BCUT2D eigenvalue weighted by atomic mass is 10.3. The van der Waals surface area contributed by atoms with Gasteiger partial charge in [-0.25, -0.2) is 0 Å². The summed E-state index contributed by atoms with van der Waals surface area (Å²) in [5.41, 5.74) is -0.631. The number of halogens is 3. The molecule has 0 aromatic carbocycles. The fraction of sp³-hybridized carbons (Fsp3) is 0.294. The van der Waals surface area contributed by atoms with E-state index in [1.807, 2.05) is 12.1 Å². The molecule has 144 valence electrons. The number of furan rings is 1. The van der Waals surface area contributed by atoms with Gasteiger partial charge in [0.1, 0.15) is 5.76 Å². The Balaban J connectivity index is 1.54. The molecule has 3 aromatic heterocycles. The van der Waals surface area contributed by atoms with Gasteiger partial charge in [0.05, 0.1) is 27.5 Å². The van der Waals surface area contributed by atoms with Crippen LogP contribution < -0.4 is 5.32 Å². The lowest BCUT2D eigenvalue weighted by Crippen LogP contribution is -2.24. The third kappa shape index (κ3) is 4.95. The highest BCUT2D eigenvalue weighted by Gasteiger charge is 2.34. The van der Waals surface area contributed by atoms with Gasteiger partial charge in [-0.15, -0.1) is 11.3 Å². The first-order valence-electron chi connectivity index (χ1n) is 7.94. The molecule has 1 amide bonds. The number of rotatable bonds is 7. The summed E-state index contributed by atoms with van der Waals surface area (Å²) in [7, 11) is 1.44. The largest absolute Gasteiger partial charge is 0.468 e. The number of carbonyl (C=O) groups is 1. The van der Waals surface area contributed by atoms with E-state index in [1.165, 1.54) is 11.7 Å². The van der Waals surface area contributed by atoms with E-state index < -0.39 is 11.9 Å². The van der Waals surface area contributed by atoms with Crippen LogP contribution in [0.3, 0.4) is 0 Å². The zero-order valence-corrected chi connectivity index (χ0v) is 15.9. The molecule has 1 N–H and O–H groups in total. The molecule has 0 spiro atoms. The second-order valence-corrected chi connectivity index (χ2v) is 7.78. The van der Waals surface area contributed by atoms with E-state index in [0.29, 0.717) is 22.0 Å². The number of thiophene rings is 1. The molecule has 5 nitrogen and oxygen atoms in total. The third-order valence-electron chi connectivity index (χ3n) is 3.61. The maximum absolute atomic E-state index is 12.8. The molecule has 27 heavy (non-hydrogen) atoms. The minimum absolute atomic E-state index is 0.247. The minimum Gasteiger partial charge on any atom is -0.468 e. The predicted octanol–water partition coefficient (Wildman–Crippen LogP) is 4.42. The standard InChI is InChI=1S/C17H16F3N3O2S2/c1-23-12(9-15(22-23)17(18,19)20)13-4-5-14(27-13)16(24)21-6-8-26-10-11-3-2-7-25-11/h2-5,7,9H,6,8,10H2,1H3,(H,21,24). The van der Waals surface area contributed by atoms with E-state index in [0.717, 1.165) is 34.7 Å². The Morgan fingerprint density at radius 2 is 2.19 bits per heavy atom. The Kier molecular flexibility index (Phi) is 5.95. The quantitative estimate of drug-likeness (QED) is 0.580. The van der Waals surface area contributed by atoms with E-state index in [4.69, 9.17) is 4.42 Å². The summed E-state index contributed by atoms with van der Waals surface area (Å²) >= 11 is 2.77. The first-order valence-corrected chi connectivity index (χ1v) is 9.91. The highest BCUT2D eigenvalue weighted by Crippen LogP contribution is 2.34. The van der Waals surface area contributed by atoms with Crippen LogP contribution in [0.1, 0.15) is 21.1 Å². The summed E-state index contributed by atoms with van der Waals surface area (Å²) in [6.45, 7) is 0.487. The van der Waals surface area contributed by atoms with Crippen molar-refractivity contribution in [1.82, 2.24) is 15.1 Å². The molecule has 0 saturated heterocycles. The summed E-state index contributed by atoms with van der Waals surface area (Å²) in [5, 5.41) is 6.30. The van der Waals surface area contributed by atoms with E-state index >= 15 is 0 Å². The summed E-state index contributed by atoms with van der Waals surface area (Å²) < 4.78 is 44.7. The molecule has 0 saturated carbocycles. The van der Waals surface area contributed by atoms with Gasteiger partial charge in [0.15, 0.2) is 5.69 Å². The molecular weight excluding hydrogens is 399 g/mol. The number of aryl methyl sites for hydroxylation is 1. The number of hydrogen-bond donors (Lipinski definition) is 1. The summed E-state index contributed by atoms with van der Waals surface area (Å²) in [5.74, 6) is 2.08. The monoisotopic (exact) mass is 415 g/mol. The van der Waals surface area contributed by atoms with Crippen LogP contribution in [0.25, 0.3) is 10.6 Å². The zero-order valence-electron chi connectivity index (χ0n) is 14.2. The van der Waals surface area contributed by atoms with E-state index in [9.17, 15) is 18.0 Å². The fourth-order valence-corrected chi connectivity index (χ4v) is 4.05. The van der Waals surface area contributed by atoms with Gasteiger partial charge in [-0.3, -0.25) is 9.48 Å². The molecule has 10 heteroatoms. The van der Waals surface area contributed by atoms with Gasteiger partial charge in [-0.05, 0) is 30.3 Å². The molecule has 0 aliphatic carbocycles. The number of alkyl halides is 3. The van der Waals surface area contributed by atoms with Crippen molar-refractivity contribution < 1.29 is 22.4 Å². The van der Waals surface area contributed by atoms with Gasteiger partial charge in [-0.1, -0.05) is 0 Å². The number of hydrogen-bond acceptors (Lipinski definition) is 5. The lowest BCUT2D eigenvalue weighted by Gasteiger charge is -2.03. The van der Waals surface area contributed by atoms with E-state index in [-0.39, 0.29) is 5.91 Å². The van der Waals surface area contributed by atoms with Crippen LogP contribution in [0.2, 0.25) is 0 Å². The molecule has 0 unspecified atom stereocenters. The maximum atomic E-state index is 12.8. The van der Waals surface area contributed by atoms with Gasteiger partial charge in [0.2, 0.25) is 0 Å². The number of aromatic nitrogens is 2. The van der Waals surface area contributed by atoms with Crippen LogP contribution in [0.4, 0.5) is 13.2 Å². The Hall–Kier alpha value is -2.20. The van der Waals surface area contributed by atoms with Crippen molar-refractivity contribution in [2.75, 3.05) is 12.3 Å². The van der Waals surface area contributed by atoms with Crippen LogP contribution in [-0.2, 0) is 19.0 Å². The van der Waals surface area contributed by atoms with Crippen LogP contribution in [-0.4, -0.2) is 28.0 Å². The number of nitrogens with zero attached hydrogens (tertiary/aromatic N) is 2. The van der Waals surface area contributed by atoms with Crippen molar-refractivity contribution in [2.24, 2.45) is 7.05 Å². The minimum atomic E-state index is -4.50. The zero-order chi connectivity index (χ0) is 19.4. The second kappa shape index (κ2) is 8.22. The number of thioether (sulfide) groups is 1. The van der Waals surface area contributed by atoms with Gasteiger partial charge in [0, 0.05) is 19.3 Å². The molecule has 0 atom stereocenters. The fourth-order valence-electron chi connectivity index (χ4n) is 2.33. The van der Waals surface area contributed by atoms with Crippen LogP contribution in [0.15, 0.2) is 41.0 Å². The van der Waals surface area contributed by atoms with Crippen LogP contribution >= 0.6 is 23.1 Å². The van der Waals surface area contributed by atoms with Gasteiger partial charge < -0.3 is 9.73 Å². The normalized spacial score (nSPS) is 11.7. The number of amides is 1. The lowest BCUT2D eigenvalue weighted by molar-refractivity contribution is -0.141. The van der Waals surface area contributed by atoms with Crippen molar-refractivity contribution in [3.05, 3.63) is 52.9 Å². The van der Waals surface area contributed by atoms with Gasteiger partial charge in [-0.2, -0.15) is 30.0 Å². The average molecular weight is 415 g/mol. The Bertz CT molecular complexity index is 901. The van der Waals surface area contributed by atoms with Crippen molar-refractivity contribution in [2.45, 2.75) is 11.9 Å². The van der Waals surface area contributed by atoms with Crippen molar-refractivity contribution >= 4 is 29.0 Å². The molecule has 3 heterocycles. The highest BCUT2D eigenvalue weighted by atomic mass is 32.2. The Morgan fingerprint density at radius 3 is 2.85 bits per heavy atom. The molecule has 0 bridgehead atoms. The number of carbonyl (C=O) groups excluding carboxylic acids is 1. The molecule has 3 aromatic rings. The van der Waals surface area contributed by atoms with Crippen molar-refractivity contribution in [1.29, 1.82) is 0 Å². The summed E-state index contributed by atoms with van der Waals surface area (Å²) in [6, 6.07) is 7.93. The molecule has 0 radical (unpaired) electrons. The summed E-state index contributed by atoms with van der Waals surface area (Å²) in [4.78, 5) is 13.2. The average Bonchev–Trinajstić information content (AvgIpc) is 3.33. The predicted molar refractivity (Wildman–Crippen MR) is 98.7 cm³/mol. The SMILES string of the molecule is Cn1nc(C(F)(F)F)cc1-c1ccc(C(=O)NCCSCc2ccco2)s1. The van der Waals surface area contributed by atoms with Gasteiger partial charge in [0.25, 0.3) is 5.91 Å². The van der Waals surface area contributed by atoms with Crippen LogP contribution in [0, 0.1) is 0 Å². The molecular formula is C17H16F3N3O2S2. The molecule has 0 aliphatic heterocycles. The first kappa shape index (κ1) is 19.6. The third-order valence-corrected chi connectivity index (χ3v) is 5.70. The molecule has 0 aliphatic rings. The van der Waals surface area contributed by atoms with E-state index in [2.05, 4.69) is 10.4 Å². The number of nitrogens with one attached hydrogen (secondary N) is 1. The maximum Gasteiger partial charge on any atom is 0.435 e. The molecule has 3 rings (SSSR count). The second-order valence-electron chi connectivity index (χ2n) is 5.59. The van der Waals surface area contributed by atoms with Gasteiger partial charge >= 0.3 is 6.18 Å². The smallest absolute Gasteiger partial charge is 0.435 e. The van der Waals surface area contributed by atoms with Crippen molar-refractivity contribution in [3.8, 4) is 10.6 Å². The Labute approximate surface area is 161 Å². The van der Waals surface area contributed by atoms with Crippen molar-refractivity contribution in [3.63, 3.8) is 0 Å². The summed E-state index contributed by atoms with van der Waals surface area (Å²) in [6.07, 6.45) is -2.88.